The van der Waals surface area contributed by atoms with Gasteiger partial charge in [0.05, 0.1) is 5.56 Å². The van der Waals surface area contributed by atoms with Gasteiger partial charge in [-0.1, -0.05) is 25.1 Å². The maximum atomic E-state index is 11.7. The average molecular weight is 264 g/mol. The van der Waals surface area contributed by atoms with Gasteiger partial charge in [-0.2, -0.15) is 0 Å². The number of carbonyl (C=O) groups is 2. The van der Waals surface area contributed by atoms with Crippen molar-refractivity contribution in [2.24, 2.45) is 11.7 Å². The topological polar surface area (TPSA) is 92.4 Å². The van der Waals surface area contributed by atoms with Crippen molar-refractivity contribution < 1.29 is 14.7 Å². The van der Waals surface area contributed by atoms with Gasteiger partial charge in [0.15, 0.2) is 0 Å². The fourth-order valence-corrected chi connectivity index (χ4v) is 1.82. The maximum Gasteiger partial charge on any atom is 0.335 e. The summed E-state index contributed by atoms with van der Waals surface area (Å²) < 4.78 is 0. The summed E-state index contributed by atoms with van der Waals surface area (Å²) in [5.74, 6) is -1.10. The van der Waals surface area contributed by atoms with Crippen LogP contribution in [0.2, 0.25) is 0 Å². The van der Waals surface area contributed by atoms with Gasteiger partial charge in [0.25, 0.3) is 0 Å². The van der Waals surface area contributed by atoms with Crippen LogP contribution >= 0.6 is 0 Å². The van der Waals surface area contributed by atoms with E-state index in [1.54, 1.807) is 24.3 Å². The van der Waals surface area contributed by atoms with Gasteiger partial charge in [0.2, 0.25) is 5.91 Å². The van der Waals surface area contributed by atoms with E-state index >= 15 is 0 Å². The Bertz CT molecular complexity index is 446. The number of rotatable bonds is 7. The third-order valence-electron chi connectivity index (χ3n) is 2.99. The second-order valence-electron chi connectivity index (χ2n) is 4.48. The fourth-order valence-electron chi connectivity index (χ4n) is 1.82. The van der Waals surface area contributed by atoms with Crippen LogP contribution in [0.4, 0.5) is 0 Å². The van der Waals surface area contributed by atoms with Crippen molar-refractivity contribution in [2.75, 3.05) is 13.1 Å². The van der Waals surface area contributed by atoms with Gasteiger partial charge in [0, 0.05) is 12.5 Å². The highest BCUT2D eigenvalue weighted by atomic mass is 16.4. The Kier molecular flexibility index (Phi) is 6.02. The third kappa shape index (κ3) is 4.71. The van der Waals surface area contributed by atoms with E-state index in [2.05, 4.69) is 5.32 Å². The molecule has 0 saturated heterocycles. The smallest absolute Gasteiger partial charge is 0.335 e. The van der Waals surface area contributed by atoms with E-state index in [9.17, 15) is 9.59 Å². The number of nitrogens with two attached hydrogens (primary N) is 1. The normalized spacial score (nSPS) is 11.9. The lowest BCUT2D eigenvalue weighted by molar-refractivity contribution is -0.124. The fraction of sp³-hybridized carbons (Fsp3) is 0.429. The summed E-state index contributed by atoms with van der Waals surface area (Å²) in [5.41, 5.74) is 6.40. The van der Waals surface area contributed by atoms with E-state index < -0.39 is 5.97 Å². The number of carbonyl (C=O) groups excluding carboxylic acids is 1. The molecule has 0 aliphatic heterocycles. The van der Waals surface area contributed by atoms with Crippen molar-refractivity contribution in [1.82, 2.24) is 5.32 Å². The van der Waals surface area contributed by atoms with Crippen LogP contribution in [0, 0.1) is 5.92 Å². The Morgan fingerprint density at radius 2 is 2.05 bits per heavy atom. The molecule has 5 heteroatoms. The lowest BCUT2D eigenvalue weighted by atomic mass is 10.0. The molecule has 1 aromatic carbocycles. The molecule has 0 saturated carbocycles. The summed E-state index contributed by atoms with van der Waals surface area (Å²) in [6, 6.07) is 6.81. The molecule has 1 aromatic rings. The van der Waals surface area contributed by atoms with Gasteiger partial charge < -0.3 is 16.2 Å². The second kappa shape index (κ2) is 7.53. The Morgan fingerprint density at radius 1 is 1.37 bits per heavy atom. The minimum atomic E-state index is -0.946. The second-order valence-corrected chi connectivity index (χ2v) is 4.48. The highest BCUT2D eigenvalue weighted by Gasteiger charge is 2.12. The third-order valence-corrected chi connectivity index (χ3v) is 2.99. The number of hydrogen-bond donors (Lipinski definition) is 3. The van der Waals surface area contributed by atoms with Gasteiger partial charge in [-0.15, -0.1) is 0 Å². The summed E-state index contributed by atoms with van der Waals surface area (Å²) in [5, 5.41) is 11.8. The van der Waals surface area contributed by atoms with E-state index in [1.165, 1.54) is 0 Å². The van der Waals surface area contributed by atoms with Gasteiger partial charge in [-0.25, -0.2) is 4.79 Å². The van der Waals surface area contributed by atoms with Crippen molar-refractivity contribution in [3.63, 3.8) is 0 Å². The van der Waals surface area contributed by atoms with Crippen molar-refractivity contribution in [1.29, 1.82) is 0 Å². The molecule has 104 valence electrons. The lowest BCUT2D eigenvalue weighted by Gasteiger charge is -2.11. The molecule has 1 amide bonds. The highest BCUT2D eigenvalue weighted by molar-refractivity contribution is 5.89. The largest absolute Gasteiger partial charge is 0.478 e. The van der Waals surface area contributed by atoms with Crippen LogP contribution in [-0.4, -0.2) is 30.1 Å². The Hall–Kier alpha value is -1.88. The van der Waals surface area contributed by atoms with Crippen LogP contribution in [0.5, 0.6) is 0 Å². The van der Waals surface area contributed by atoms with Crippen LogP contribution in [0.15, 0.2) is 24.3 Å². The molecule has 0 radical (unpaired) electrons. The predicted molar refractivity (Wildman–Crippen MR) is 73.0 cm³/mol. The van der Waals surface area contributed by atoms with E-state index in [1.807, 2.05) is 6.92 Å². The number of aromatic carboxylic acids is 1. The molecule has 0 spiro atoms. The predicted octanol–water partition coefficient (Wildman–Crippen LogP) is 1.03. The van der Waals surface area contributed by atoms with Crippen LogP contribution in [0.25, 0.3) is 0 Å². The monoisotopic (exact) mass is 264 g/mol. The number of nitrogens with one attached hydrogen (secondary N) is 1. The summed E-state index contributed by atoms with van der Waals surface area (Å²) in [7, 11) is 0. The first-order valence-electron chi connectivity index (χ1n) is 6.35. The number of carboxylic acids is 1. The van der Waals surface area contributed by atoms with Gasteiger partial charge in [-0.05, 0) is 31.0 Å². The Morgan fingerprint density at radius 3 is 2.68 bits per heavy atom. The maximum absolute atomic E-state index is 11.7. The Labute approximate surface area is 112 Å². The minimum absolute atomic E-state index is 0.0433. The van der Waals surface area contributed by atoms with Crippen molar-refractivity contribution in [2.45, 2.75) is 19.8 Å². The molecule has 0 aliphatic rings. The first-order valence-corrected chi connectivity index (χ1v) is 6.35. The molecule has 1 rings (SSSR count). The molecule has 0 aromatic heterocycles. The van der Waals surface area contributed by atoms with Crippen molar-refractivity contribution >= 4 is 11.9 Å². The van der Waals surface area contributed by atoms with E-state index in [4.69, 9.17) is 10.8 Å². The zero-order valence-electron chi connectivity index (χ0n) is 11.1. The van der Waals surface area contributed by atoms with Crippen LogP contribution < -0.4 is 11.1 Å². The molecule has 4 N–H and O–H groups in total. The van der Waals surface area contributed by atoms with E-state index in [-0.39, 0.29) is 17.4 Å². The standard InChI is InChI=1S/C14H20N2O3/c1-10(6-8-15)13(17)16-9-7-11-4-2-3-5-12(11)14(18)19/h2-5,10H,6-9,15H2,1H3,(H,16,17)(H,18,19). The molecule has 0 heterocycles. The summed E-state index contributed by atoms with van der Waals surface area (Å²) >= 11 is 0. The Balaban J connectivity index is 2.50. The first kappa shape index (κ1) is 15.2. The molecule has 1 atom stereocenters. The minimum Gasteiger partial charge on any atom is -0.478 e. The zero-order valence-corrected chi connectivity index (χ0v) is 11.1. The summed E-state index contributed by atoms with van der Waals surface area (Å²) in [4.78, 5) is 22.7. The average Bonchev–Trinajstić information content (AvgIpc) is 2.39. The molecule has 0 aliphatic carbocycles. The number of hydrogen-bond acceptors (Lipinski definition) is 3. The van der Waals surface area contributed by atoms with Crippen LogP contribution in [-0.2, 0) is 11.2 Å². The first-order chi connectivity index (χ1) is 9.06. The quantitative estimate of drug-likeness (QED) is 0.685. The molecule has 1 unspecified atom stereocenters. The molecule has 0 fully saturated rings. The van der Waals surface area contributed by atoms with Crippen LogP contribution in [0.1, 0.15) is 29.3 Å². The summed E-state index contributed by atoms with van der Waals surface area (Å²) in [6.07, 6.45) is 1.15. The van der Waals surface area contributed by atoms with E-state index in [0.717, 1.165) is 5.56 Å². The van der Waals surface area contributed by atoms with Gasteiger partial charge in [-0.3, -0.25) is 4.79 Å². The number of carboxylic acid groups (broad SMARTS) is 1. The van der Waals surface area contributed by atoms with Gasteiger partial charge in [0.1, 0.15) is 0 Å². The number of benzene rings is 1. The molecule has 5 nitrogen and oxygen atoms in total. The number of amides is 1. The van der Waals surface area contributed by atoms with Crippen molar-refractivity contribution in [3.05, 3.63) is 35.4 Å². The summed E-state index contributed by atoms with van der Waals surface area (Å²) in [6.45, 7) is 2.74. The lowest BCUT2D eigenvalue weighted by Crippen LogP contribution is -2.32. The van der Waals surface area contributed by atoms with E-state index in [0.29, 0.717) is 25.9 Å². The molecular formula is C14H20N2O3. The van der Waals surface area contributed by atoms with Crippen molar-refractivity contribution in [3.8, 4) is 0 Å². The highest BCUT2D eigenvalue weighted by Crippen LogP contribution is 2.09. The SMILES string of the molecule is CC(CCN)C(=O)NCCc1ccccc1C(=O)O. The van der Waals surface area contributed by atoms with Gasteiger partial charge >= 0.3 is 5.97 Å². The zero-order chi connectivity index (χ0) is 14.3. The molecule has 0 bridgehead atoms. The van der Waals surface area contributed by atoms with Crippen LogP contribution in [0.3, 0.4) is 0 Å². The molecule has 19 heavy (non-hydrogen) atoms. The molecular weight excluding hydrogens is 244 g/mol.